The summed E-state index contributed by atoms with van der Waals surface area (Å²) in [6.45, 7) is 0. The Morgan fingerprint density at radius 1 is 1.10 bits per heavy atom. The van der Waals surface area contributed by atoms with Gasteiger partial charge in [-0.05, 0) is 54.2 Å². The van der Waals surface area contributed by atoms with E-state index in [1.807, 2.05) is 0 Å². The van der Waals surface area contributed by atoms with Crippen LogP contribution >= 0.6 is 35.0 Å². The predicted molar refractivity (Wildman–Crippen MR) is 118 cm³/mol. The van der Waals surface area contributed by atoms with E-state index in [1.54, 1.807) is 48.5 Å². The molecule has 3 aromatic rings. The second-order valence-corrected chi connectivity index (χ2v) is 7.99. The van der Waals surface area contributed by atoms with Gasteiger partial charge in [0.15, 0.2) is 5.17 Å². The van der Waals surface area contributed by atoms with Crippen LogP contribution < -0.4 is 5.32 Å². The summed E-state index contributed by atoms with van der Waals surface area (Å²) < 4.78 is 5.71. The van der Waals surface area contributed by atoms with Crippen molar-refractivity contribution in [1.29, 1.82) is 0 Å². The number of hydrogen-bond donors (Lipinski definition) is 1. The second kappa shape index (κ2) is 8.35. The molecule has 1 amide bonds. The summed E-state index contributed by atoms with van der Waals surface area (Å²) in [5.41, 5.74) is 0.739. The van der Waals surface area contributed by atoms with E-state index in [1.165, 1.54) is 12.1 Å². The van der Waals surface area contributed by atoms with E-state index in [-0.39, 0.29) is 16.6 Å². The van der Waals surface area contributed by atoms with Crippen LogP contribution in [0.4, 0.5) is 11.4 Å². The Morgan fingerprint density at radius 2 is 1.90 bits per heavy atom. The highest BCUT2D eigenvalue weighted by atomic mass is 35.5. The van der Waals surface area contributed by atoms with E-state index in [9.17, 15) is 14.9 Å². The fraction of sp³-hybridized carbons (Fsp3) is 0. The number of nitrogens with one attached hydrogen (secondary N) is 1. The first kappa shape index (κ1) is 20.2. The molecule has 1 saturated heterocycles. The maximum atomic E-state index is 12.3. The Kier molecular flexibility index (Phi) is 5.63. The van der Waals surface area contributed by atoms with Crippen molar-refractivity contribution in [3.8, 4) is 11.3 Å². The molecule has 1 fully saturated rings. The number of carbonyl (C=O) groups is 1. The Labute approximate surface area is 184 Å². The topological polar surface area (TPSA) is 97.7 Å². The number of aliphatic imine (C=N–C) groups is 1. The quantitative estimate of drug-likeness (QED) is 0.290. The molecule has 4 rings (SSSR count). The molecule has 1 aliphatic heterocycles. The summed E-state index contributed by atoms with van der Waals surface area (Å²) in [5.74, 6) is 0.341. The van der Waals surface area contributed by atoms with E-state index in [4.69, 9.17) is 27.6 Å². The third-order valence-electron chi connectivity index (χ3n) is 4.01. The summed E-state index contributed by atoms with van der Waals surface area (Å²) in [6.07, 6.45) is 1.55. The van der Waals surface area contributed by atoms with Crippen LogP contribution in [0.2, 0.25) is 10.0 Å². The monoisotopic (exact) mass is 459 g/mol. The van der Waals surface area contributed by atoms with Gasteiger partial charge in [0, 0.05) is 22.2 Å². The molecule has 1 aromatic heterocycles. The van der Waals surface area contributed by atoms with Crippen LogP contribution in [-0.2, 0) is 4.79 Å². The van der Waals surface area contributed by atoms with Gasteiger partial charge in [-0.3, -0.25) is 14.9 Å². The number of hydrogen-bond acceptors (Lipinski definition) is 6. The molecule has 0 aliphatic carbocycles. The first-order chi connectivity index (χ1) is 14.4. The first-order valence-electron chi connectivity index (χ1n) is 8.48. The highest BCUT2D eigenvalue weighted by molar-refractivity contribution is 8.18. The molecule has 0 atom stereocenters. The largest absolute Gasteiger partial charge is 0.456 e. The van der Waals surface area contributed by atoms with Crippen LogP contribution in [0.5, 0.6) is 0 Å². The zero-order valence-electron chi connectivity index (χ0n) is 15.0. The number of nitrogens with zero attached hydrogens (tertiary/aromatic N) is 2. The Morgan fingerprint density at radius 3 is 2.67 bits per heavy atom. The number of thioether (sulfide) groups is 1. The lowest BCUT2D eigenvalue weighted by molar-refractivity contribution is -0.384. The minimum absolute atomic E-state index is 0.167. The van der Waals surface area contributed by atoms with Gasteiger partial charge in [0.2, 0.25) is 0 Å². The Hall–Kier alpha value is -3.07. The normalized spacial score (nSPS) is 16.3. The van der Waals surface area contributed by atoms with Crippen molar-refractivity contribution in [1.82, 2.24) is 5.32 Å². The fourth-order valence-electron chi connectivity index (χ4n) is 2.71. The lowest BCUT2D eigenvalue weighted by Crippen LogP contribution is -2.19. The molecule has 150 valence electrons. The summed E-state index contributed by atoms with van der Waals surface area (Å²) in [5, 5.41) is 15.2. The predicted octanol–water partition coefficient (Wildman–Crippen LogP) is 6.05. The molecule has 0 unspecified atom stereocenters. The van der Waals surface area contributed by atoms with E-state index in [2.05, 4.69) is 10.3 Å². The number of nitro groups is 1. The number of nitro benzene ring substituents is 1. The van der Waals surface area contributed by atoms with E-state index >= 15 is 0 Å². The fourth-order valence-corrected chi connectivity index (χ4v) is 3.88. The van der Waals surface area contributed by atoms with Crippen LogP contribution in [0, 0.1) is 10.1 Å². The maximum absolute atomic E-state index is 12.3. The van der Waals surface area contributed by atoms with Gasteiger partial charge in [0.05, 0.1) is 21.1 Å². The molecule has 7 nitrogen and oxygen atoms in total. The highest BCUT2D eigenvalue weighted by Gasteiger charge is 2.25. The lowest BCUT2D eigenvalue weighted by Gasteiger charge is -2.00. The average Bonchev–Trinajstić information content (AvgIpc) is 3.28. The number of amidine groups is 1. The van der Waals surface area contributed by atoms with E-state index in [0.717, 1.165) is 11.8 Å². The summed E-state index contributed by atoms with van der Waals surface area (Å²) in [6, 6.07) is 14.5. The average molecular weight is 460 g/mol. The zero-order valence-corrected chi connectivity index (χ0v) is 17.3. The number of halogens is 2. The molecule has 0 bridgehead atoms. The molecular formula is C20H11Cl2N3O4S. The molecular weight excluding hydrogens is 449 g/mol. The van der Waals surface area contributed by atoms with Crippen molar-refractivity contribution in [3.63, 3.8) is 0 Å². The number of rotatable bonds is 4. The van der Waals surface area contributed by atoms with Crippen molar-refractivity contribution in [2.45, 2.75) is 0 Å². The van der Waals surface area contributed by atoms with Crippen LogP contribution in [0.15, 0.2) is 68.9 Å². The van der Waals surface area contributed by atoms with Gasteiger partial charge in [0.1, 0.15) is 11.5 Å². The van der Waals surface area contributed by atoms with Crippen LogP contribution in [-0.4, -0.2) is 16.0 Å². The Balaban J connectivity index is 1.59. The minimum Gasteiger partial charge on any atom is -0.456 e. The maximum Gasteiger partial charge on any atom is 0.281 e. The second-order valence-electron chi connectivity index (χ2n) is 6.08. The SMILES string of the molecule is O=C1NC(=Nc2cccc(Cl)c2)S/C1=C/c1ccc(-c2ccc(Cl)cc2[N+](=O)[O-])o1. The van der Waals surface area contributed by atoms with Crippen LogP contribution in [0.1, 0.15) is 5.76 Å². The number of amides is 1. The molecule has 1 aliphatic rings. The molecule has 0 radical (unpaired) electrons. The van der Waals surface area contributed by atoms with Crippen LogP contribution in [0.3, 0.4) is 0 Å². The first-order valence-corrected chi connectivity index (χ1v) is 10.1. The standard InChI is InChI=1S/C20H11Cl2N3O4S/c21-11-2-1-3-13(8-11)23-20-24-19(26)18(30-20)10-14-5-7-17(29-14)15-6-4-12(22)9-16(15)25(27)28/h1-10H,(H,23,24,26)/b18-10+. The zero-order chi connectivity index (χ0) is 21.3. The summed E-state index contributed by atoms with van der Waals surface area (Å²) in [7, 11) is 0. The van der Waals surface area contributed by atoms with Crippen molar-refractivity contribution in [3.05, 3.63) is 85.4 Å². The van der Waals surface area contributed by atoms with Gasteiger partial charge in [-0.25, -0.2) is 4.99 Å². The van der Waals surface area contributed by atoms with Crippen molar-refractivity contribution in [2.75, 3.05) is 0 Å². The molecule has 30 heavy (non-hydrogen) atoms. The van der Waals surface area contributed by atoms with Crippen molar-refractivity contribution < 1.29 is 14.1 Å². The molecule has 2 aromatic carbocycles. The summed E-state index contributed by atoms with van der Waals surface area (Å²) in [4.78, 5) is 27.8. The highest BCUT2D eigenvalue weighted by Crippen LogP contribution is 2.35. The third-order valence-corrected chi connectivity index (χ3v) is 5.39. The lowest BCUT2D eigenvalue weighted by atomic mass is 10.1. The minimum atomic E-state index is -0.527. The molecule has 0 saturated carbocycles. The van der Waals surface area contributed by atoms with Crippen LogP contribution in [0.25, 0.3) is 17.4 Å². The van der Waals surface area contributed by atoms with Gasteiger partial charge >= 0.3 is 0 Å². The van der Waals surface area contributed by atoms with E-state index in [0.29, 0.717) is 37.9 Å². The molecule has 2 heterocycles. The van der Waals surface area contributed by atoms with Gasteiger partial charge in [0.25, 0.3) is 11.6 Å². The van der Waals surface area contributed by atoms with Gasteiger partial charge < -0.3 is 9.73 Å². The van der Waals surface area contributed by atoms with Gasteiger partial charge in [-0.1, -0.05) is 29.3 Å². The molecule has 1 N–H and O–H groups in total. The van der Waals surface area contributed by atoms with Crippen molar-refractivity contribution in [2.24, 2.45) is 4.99 Å². The van der Waals surface area contributed by atoms with Crippen molar-refractivity contribution >= 4 is 63.5 Å². The van der Waals surface area contributed by atoms with E-state index < -0.39 is 4.92 Å². The molecule has 10 heteroatoms. The number of benzene rings is 2. The smallest absolute Gasteiger partial charge is 0.281 e. The number of furan rings is 1. The van der Waals surface area contributed by atoms with Gasteiger partial charge in [-0.2, -0.15) is 0 Å². The Bertz CT molecular complexity index is 1240. The third kappa shape index (κ3) is 4.40. The van der Waals surface area contributed by atoms with Gasteiger partial charge in [-0.15, -0.1) is 0 Å². The summed E-state index contributed by atoms with van der Waals surface area (Å²) >= 11 is 13.0. The number of carbonyl (C=O) groups excluding carboxylic acids is 1. The molecule has 0 spiro atoms.